The molecule has 64 heavy (non-hydrogen) atoms. The Bertz CT molecular complexity index is 2230. The molecule has 2 aliphatic heterocycles. The second-order valence-electron chi connectivity index (χ2n) is 16.2. The van der Waals surface area contributed by atoms with Crippen molar-refractivity contribution in [2.45, 2.75) is 95.4 Å². The summed E-state index contributed by atoms with van der Waals surface area (Å²) in [7, 11) is 0. The maximum Gasteiger partial charge on any atom is 0.341 e. The van der Waals surface area contributed by atoms with Gasteiger partial charge in [0, 0.05) is 0 Å². The van der Waals surface area contributed by atoms with E-state index in [0.29, 0.717) is 33.0 Å². The highest BCUT2D eigenvalue weighted by atomic mass is 16.7. The molecule has 0 radical (unpaired) electrons. The van der Waals surface area contributed by atoms with Crippen LogP contribution >= 0.6 is 0 Å². The van der Waals surface area contributed by atoms with Gasteiger partial charge in [-0.05, 0) is 47.2 Å². The van der Waals surface area contributed by atoms with Gasteiger partial charge >= 0.3 is 5.97 Å². The molecule has 1 N–H and O–H groups in total. The van der Waals surface area contributed by atoms with Gasteiger partial charge in [-0.15, -0.1) is 0 Å². The molecule has 10 nitrogen and oxygen atoms in total. The second kappa shape index (κ2) is 23.4. The number of rotatable bonds is 20. The molecular weight excluding hydrogens is 809 g/mol. The van der Waals surface area contributed by atoms with Crippen LogP contribution < -0.4 is 0 Å². The molecule has 0 aromatic heterocycles. The molecule has 7 atom stereocenters. The minimum absolute atomic E-state index is 0.227. The van der Waals surface area contributed by atoms with E-state index in [-0.39, 0.29) is 19.8 Å². The van der Waals surface area contributed by atoms with Gasteiger partial charge in [-0.2, -0.15) is 0 Å². The van der Waals surface area contributed by atoms with E-state index < -0.39 is 47.9 Å². The van der Waals surface area contributed by atoms with Crippen LogP contribution in [-0.2, 0) is 82.3 Å². The van der Waals surface area contributed by atoms with Crippen molar-refractivity contribution in [3.63, 3.8) is 0 Å². The van der Waals surface area contributed by atoms with Crippen molar-refractivity contribution < 1.29 is 47.8 Å². The van der Waals surface area contributed by atoms with E-state index in [0.717, 1.165) is 33.4 Å². The number of aliphatic hydroxyl groups excluding tert-OH is 1. The zero-order chi connectivity index (χ0) is 44.5. The van der Waals surface area contributed by atoms with Gasteiger partial charge in [-0.1, -0.05) is 182 Å². The summed E-state index contributed by atoms with van der Waals surface area (Å²) in [5.41, 5.74) is 3.93. The molecule has 0 saturated carbocycles. The van der Waals surface area contributed by atoms with Gasteiger partial charge in [0.25, 0.3) is 0 Å². The average Bonchev–Trinajstić information content (AvgIpc) is 3.73. The van der Waals surface area contributed by atoms with Gasteiger partial charge in [-0.25, -0.2) is 4.79 Å². The molecule has 2 aliphatic rings. The van der Waals surface area contributed by atoms with E-state index in [1.165, 1.54) is 0 Å². The Kier molecular flexibility index (Phi) is 17.0. The molecular formula is C54H58O10. The summed E-state index contributed by atoms with van der Waals surface area (Å²) in [6.07, 6.45) is -3.25. The van der Waals surface area contributed by atoms with Crippen molar-refractivity contribution in [3.8, 4) is 0 Å². The van der Waals surface area contributed by atoms with Crippen molar-refractivity contribution in [2.24, 2.45) is 0 Å². The van der Waals surface area contributed by atoms with E-state index in [1.54, 1.807) is 6.92 Å². The molecule has 2 saturated heterocycles. The van der Waals surface area contributed by atoms with Crippen LogP contribution in [-0.4, -0.2) is 66.2 Å². The summed E-state index contributed by atoms with van der Waals surface area (Å²) < 4.78 is 48.2. The highest BCUT2D eigenvalue weighted by Crippen LogP contribution is 2.37. The minimum atomic E-state index is -1.23. The lowest BCUT2D eigenvalue weighted by atomic mass is 9.96. The second-order valence-corrected chi connectivity index (χ2v) is 16.2. The number of hydrogen-bond donors (Lipinski definition) is 1. The number of carbonyl (C=O) groups excluding carboxylic acids is 1. The Labute approximate surface area is 376 Å². The van der Waals surface area contributed by atoms with Crippen molar-refractivity contribution in [1.29, 1.82) is 0 Å². The minimum Gasteiger partial charge on any atom is -0.455 e. The number of benzene rings is 6. The fourth-order valence-corrected chi connectivity index (χ4v) is 7.63. The number of cyclic esters (lactones) is 1. The predicted molar refractivity (Wildman–Crippen MR) is 242 cm³/mol. The lowest BCUT2D eigenvalue weighted by molar-refractivity contribution is -0.203. The molecule has 0 spiro atoms. The van der Waals surface area contributed by atoms with E-state index >= 15 is 0 Å². The molecule has 334 valence electrons. The zero-order valence-electron chi connectivity index (χ0n) is 36.5. The summed E-state index contributed by atoms with van der Waals surface area (Å²) >= 11 is 0. The molecule has 8 rings (SSSR count). The zero-order valence-corrected chi connectivity index (χ0v) is 36.5. The van der Waals surface area contributed by atoms with E-state index in [9.17, 15) is 9.90 Å². The molecule has 0 aliphatic carbocycles. The maximum atomic E-state index is 12.9. The number of aliphatic hydroxyl groups is 1. The maximum absolute atomic E-state index is 12.9. The van der Waals surface area contributed by atoms with Crippen LogP contribution in [0.5, 0.6) is 0 Å². The SMILES string of the molecule is C[C@]1(OCc2ccccc2)C(=O)O[C@H](COCc2ccccc2)[C@H]1OCc1ccccc1.C[C@]1(OCc2ccccc2)C(O)O[C@H](COCc2ccccc2)[C@H]1OCc1ccccc1. The molecule has 0 bridgehead atoms. The van der Waals surface area contributed by atoms with Gasteiger partial charge in [0.05, 0.1) is 52.9 Å². The molecule has 10 heteroatoms. The highest BCUT2D eigenvalue weighted by Gasteiger charge is 2.57. The smallest absolute Gasteiger partial charge is 0.341 e. The third-order valence-electron chi connectivity index (χ3n) is 11.3. The van der Waals surface area contributed by atoms with Crippen molar-refractivity contribution in [2.75, 3.05) is 13.2 Å². The largest absolute Gasteiger partial charge is 0.455 e. The first kappa shape index (κ1) is 46.5. The number of esters is 1. The predicted octanol–water partition coefficient (Wildman–Crippen LogP) is 9.17. The number of hydrogen-bond acceptors (Lipinski definition) is 10. The summed E-state index contributed by atoms with van der Waals surface area (Å²) in [6.45, 7) is 6.36. The molecule has 1 unspecified atom stereocenters. The third-order valence-corrected chi connectivity index (χ3v) is 11.3. The topological polar surface area (TPSA) is 111 Å². The number of carbonyl (C=O) groups is 1. The average molecular weight is 867 g/mol. The van der Waals surface area contributed by atoms with Gasteiger partial charge in [-0.3, -0.25) is 0 Å². The van der Waals surface area contributed by atoms with Crippen molar-refractivity contribution in [3.05, 3.63) is 215 Å². The van der Waals surface area contributed by atoms with Crippen LogP contribution in [0, 0.1) is 0 Å². The van der Waals surface area contributed by atoms with E-state index in [2.05, 4.69) is 0 Å². The summed E-state index contributed by atoms with van der Waals surface area (Å²) in [5.74, 6) is -0.431. The monoisotopic (exact) mass is 866 g/mol. The first-order valence-corrected chi connectivity index (χ1v) is 21.7. The van der Waals surface area contributed by atoms with Gasteiger partial charge in [0.1, 0.15) is 23.9 Å². The fourth-order valence-electron chi connectivity index (χ4n) is 7.63. The lowest BCUT2D eigenvalue weighted by Crippen LogP contribution is -2.49. The highest BCUT2D eigenvalue weighted by molar-refractivity contribution is 5.82. The first-order valence-electron chi connectivity index (χ1n) is 21.7. The fraction of sp³-hybridized carbons (Fsp3) is 0.315. The number of ether oxygens (including phenoxy) is 8. The van der Waals surface area contributed by atoms with Gasteiger partial charge < -0.3 is 43.0 Å². The Morgan fingerprint density at radius 3 is 1.22 bits per heavy atom. The summed E-state index contributed by atoms with van der Waals surface area (Å²) in [6, 6.07) is 59.3. The van der Waals surface area contributed by atoms with Gasteiger partial charge in [0.15, 0.2) is 18.0 Å². The van der Waals surface area contributed by atoms with Crippen LogP contribution in [0.15, 0.2) is 182 Å². The normalized spacial score (nSPS) is 23.9. The third kappa shape index (κ3) is 12.8. The Morgan fingerprint density at radius 1 is 0.453 bits per heavy atom. The Balaban J connectivity index is 0.000000191. The molecule has 2 heterocycles. The lowest BCUT2D eigenvalue weighted by Gasteiger charge is -2.33. The van der Waals surface area contributed by atoms with Crippen LogP contribution in [0.1, 0.15) is 47.2 Å². The van der Waals surface area contributed by atoms with Crippen molar-refractivity contribution >= 4 is 5.97 Å². The van der Waals surface area contributed by atoms with Crippen LogP contribution in [0.25, 0.3) is 0 Å². The quantitative estimate of drug-likeness (QED) is 0.0747. The molecule has 0 amide bonds. The van der Waals surface area contributed by atoms with E-state index in [4.69, 9.17) is 37.9 Å². The molecule has 6 aromatic rings. The summed E-state index contributed by atoms with van der Waals surface area (Å²) in [4.78, 5) is 12.9. The van der Waals surface area contributed by atoms with Crippen LogP contribution in [0.3, 0.4) is 0 Å². The van der Waals surface area contributed by atoms with Crippen LogP contribution in [0.4, 0.5) is 0 Å². The standard InChI is InChI=1S/C27H30O5.C27H28O5/c2*1-27(31-19-23-15-9-4-10-16-23)25(30-18-22-13-7-3-8-14-22)24(32-26(27)28)20-29-17-21-11-5-2-6-12-21/h2-16,24-26,28H,17-20H2,1H3;2-16,24-25H,17-20H2,1H3/t24-,25-,26?,27-;24-,25-,27-/m11/s1. The Morgan fingerprint density at radius 2 is 0.797 bits per heavy atom. The molecule has 2 fully saturated rings. The van der Waals surface area contributed by atoms with Crippen LogP contribution in [0.2, 0.25) is 0 Å². The van der Waals surface area contributed by atoms with Crippen molar-refractivity contribution in [1.82, 2.24) is 0 Å². The summed E-state index contributed by atoms with van der Waals surface area (Å²) in [5, 5.41) is 10.8. The molecule has 6 aromatic carbocycles. The first-order chi connectivity index (χ1) is 31.3. The van der Waals surface area contributed by atoms with E-state index in [1.807, 2.05) is 189 Å². The Hall–Kier alpha value is -5.53. The van der Waals surface area contributed by atoms with Gasteiger partial charge in [0.2, 0.25) is 0 Å².